The maximum atomic E-state index is 12.7. The molecule has 1 N–H and O–H groups in total. The summed E-state index contributed by atoms with van der Waals surface area (Å²) in [6, 6.07) is 6.83. The number of amides is 1. The minimum Gasteiger partial charge on any atom is -0.508 e. The zero-order valence-corrected chi connectivity index (χ0v) is 15.1. The summed E-state index contributed by atoms with van der Waals surface area (Å²) < 4.78 is 0. The van der Waals surface area contributed by atoms with Crippen LogP contribution in [0.15, 0.2) is 24.3 Å². The summed E-state index contributed by atoms with van der Waals surface area (Å²) in [5.41, 5.74) is 3.12. The summed E-state index contributed by atoms with van der Waals surface area (Å²) in [5.74, 6) is 2.17. The third-order valence-electron chi connectivity index (χ3n) is 5.21. The summed E-state index contributed by atoms with van der Waals surface area (Å²) in [6.45, 7) is 5.31. The van der Waals surface area contributed by atoms with Crippen LogP contribution in [0.4, 0.5) is 5.82 Å². The van der Waals surface area contributed by atoms with E-state index in [1.54, 1.807) is 24.3 Å². The molecule has 2 aliphatic heterocycles. The third kappa shape index (κ3) is 3.36. The Morgan fingerprint density at radius 3 is 2.58 bits per heavy atom. The molecule has 0 atom stereocenters. The molecule has 1 fully saturated rings. The largest absolute Gasteiger partial charge is 0.508 e. The van der Waals surface area contributed by atoms with Crippen LogP contribution in [-0.2, 0) is 24.2 Å². The van der Waals surface area contributed by atoms with E-state index in [1.165, 1.54) is 18.4 Å². The second kappa shape index (κ2) is 6.94. The van der Waals surface area contributed by atoms with Crippen LogP contribution in [-0.4, -0.2) is 45.5 Å². The van der Waals surface area contributed by atoms with E-state index in [1.807, 2.05) is 11.8 Å². The van der Waals surface area contributed by atoms with Gasteiger partial charge in [0, 0.05) is 25.2 Å². The van der Waals surface area contributed by atoms with E-state index in [2.05, 4.69) is 9.88 Å². The topological polar surface area (TPSA) is 69.6 Å². The predicted molar refractivity (Wildman–Crippen MR) is 99.1 cm³/mol. The van der Waals surface area contributed by atoms with Gasteiger partial charge in [0.15, 0.2) is 0 Å². The molecule has 0 bridgehead atoms. The number of aryl methyl sites for hydroxylation is 1. The molecule has 136 valence electrons. The molecule has 1 aromatic carbocycles. The first-order valence-electron chi connectivity index (χ1n) is 9.27. The minimum absolute atomic E-state index is 0.0975. The number of nitrogens with zero attached hydrogens (tertiary/aromatic N) is 4. The number of phenolic OH excluding ortho intramolecular Hbond substituents is 1. The number of benzene rings is 1. The average molecular weight is 352 g/mol. The van der Waals surface area contributed by atoms with Gasteiger partial charge < -0.3 is 14.9 Å². The number of fused-ring (bicyclic) bond motifs is 1. The molecule has 0 spiro atoms. The van der Waals surface area contributed by atoms with Crippen LogP contribution in [0.25, 0.3) is 0 Å². The molecule has 0 saturated carbocycles. The molecule has 2 aliphatic rings. The highest BCUT2D eigenvalue weighted by atomic mass is 16.3. The fourth-order valence-electron chi connectivity index (χ4n) is 3.83. The third-order valence-corrected chi connectivity index (χ3v) is 5.21. The minimum atomic E-state index is 0.0975. The second-order valence-corrected chi connectivity index (χ2v) is 7.12. The van der Waals surface area contributed by atoms with Crippen LogP contribution in [0.1, 0.15) is 35.5 Å². The Kier molecular flexibility index (Phi) is 4.49. The van der Waals surface area contributed by atoms with E-state index in [0.29, 0.717) is 19.5 Å². The van der Waals surface area contributed by atoms with Gasteiger partial charge in [-0.25, -0.2) is 9.97 Å². The Balaban J connectivity index is 1.52. The molecule has 2 aromatic rings. The Labute approximate surface area is 153 Å². The Hall–Kier alpha value is -2.63. The highest BCUT2D eigenvalue weighted by molar-refractivity contribution is 5.79. The molecule has 0 unspecified atom stereocenters. The molecule has 1 amide bonds. The van der Waals surface area contributed by atoms with Crippen molar-refractivity contribution in [3.05, 3.63) is 46.9 Å². The van der Waals surface area contributed by atoms with E-state index < -0.39 is 0 Å². The van der Waals surface area contributed by atoms with Gasteiger partial charge in [0.25, 0.3) is 0 Å². The Morgan fingerprint density at radius 2 is 1.85 bits per heavy atom. The number of hydrogen-bond donors (Lipinski definition) is 1. The van der Waals surface area contributed by atoms with Crippen LogP contribution in [0.3, 0.4) is 0 Å². The summed E-state index contributed by atoms with van der Waals surface area (Å²) in [6.07, 6.45) is 3.59. The van der Waals surface area contributed by atoms with Crippen molar-refractivity contribution in [1.82, 2.24) is 14.9 Å². The summed E-state index contributed by atoms with van der Waals surface area (Å²) in [5, 5.41) is 9.38. The summed E-state index contributed by atoms with van der Waals surface area (Å²) in [7, 11) is 0. The van der Waals surface area contributed by atoms with Crippen molar-refractivity contribution in [3.8, 4) is 5.75 Å². The predicted octanol–water partition coefficient (Wildman–Crippen LogP) is 2.22. The van der Waals surface area contributed by atoms with Crippen LogP contribution >= 0.6 is 0 Å². The van der Waals surface area contributed by atoms with Crippen molar-refractivity contribution in [2.45, 2.75) is 39.2 Å². The zero-order chi connectivity index (χ0) is 18.1. The van der Waals surface area contributed by atoms with Gasteiger partial charge in [0.1, 0.15) is 17.4 Å². The molecule has 3 heterocycles. The molecule has 26 heavy (non-hydrogen) atoms. The zero-order valence-electron chi connectivity index (χ0n) is 15.1. The van der Waals surface area contributed by atoms with Crippen molar-refractivity contribution in [3.63, 3.8) is 0 Å². The second-order valence-electron chi connectivity index (χ2n) is 7.12. The van der Waals surface area contributed by atoms with Crippen molar-refractivity contribution in [1.29, 1.82) is 0 Å². The van der Waals surface area contributed by atoms with Crippen molar-refractivity contribution in [2.24, 2.45) is 0 Å². The number of carbonyl (C=O) groups is 1. The van der Waals surface area contributed by atoms with Gasteiger partial charge in [-0.05, 0) is 43.9 Å². The van der Waals surface area contributed by atoms with Crippen LogP contribution in [0, 0.1) is 6.92 Å². The van der Waals surface area contributed by atoms with Gasteiger partial charge in [-0.3, -0.25) is 4.79 Å². The molecular formula is C20H24N4O2. The van der Waals surface area contributed by atoms with Gasteiger partial charge in [-0.15, -0.1) is 0 Å². The first kappa shape index (κ1) is 16.8. The molecule has 0 radical (unpaired) electrons. The van der Waals surface area contributed by atoms with Crippen molar-refractivity contribution in [2.75, 3.05) is 24.5 Å². The average Bonchev–Trinajstić information content (AvgIpc) is 3.17. The maximum Gasteiger partial charge on any atom is 0.227 e. The fourth-order valence-corrected chi connectivity index (χ4v) is 3.83. The standard InChI is InChI=1S/C20H24N4O2/c1-14-21-18-13-24(19(26)12-15-4-6-16(25)7-5-15)11-8-17(18)20(22-14)23-9-2-3-10-23/h4-7,25H,2-3,8-13H2,1H3. The van der Waals surface area contributed by atoms with Gasteiger partial charge in [0.05, 0.1) is 18.7 Å². The number of carbonyl (C=O) groups excluding carboxylic acids is 1. The molecule has 6 nitrogen and oxygen atoms in total. The van der Waals surface area contributed by atoms with Crippen LogP contribution < -0.4 is 4.90 Å². The molecule has 1 saturated heterocycles. The first-order chi connectivity index (χ1) is 12.6. The summed E-state index contributed by atoms with van der Waals surface area (Å²) >= 11 is 0. The summed E-state index contributed by atoms with van der Waals surface area (Å²) in [4.78, 5) is 26.3. The molecule has 1 aromatic heterocycles. The maximum absolute atomic E-state index is 12.7. The SMILES string of the molecule is Cc1nc2c(c(N3CCCC3)n1)CCN(C(=O)Cc1ccc(O)cc1)C2. The van der Waals surface area contributed by atoms with E-state index in [-0.39, 0.29) is 11.7 Å². The molecular weight excluding hydrogens is 328 g/mol. The number of phenols is 1. The lowest BCUT2D eigenvalue weighted by Crippen LogP contribution is -2.38. The number of rotatable bonds is 3. The Morgan fingerprint density at radius 1 is 1.12 bits per heavy atom. The monoisotopic (exact) mass is 352 g/mol. The number of aromatic nitrogens is 2. The van der Waals surface area contributed by atoms with Gasteiger partial charge >= 0.3 is 0 Å². The highest BCUT2D eigenvalue weighted by Gasteiger charge is 2.27. The fraction of sp³-hybridized carbons (Fsp3) is 0.450. The smallest absolute Gasteiger partial charge is 0.227 e. The molecule has 4 rings (SSSR count). The van der Waals surface area contributed by atoms with E-state index >= 15 is 0 Å². The number of anilines is 1. The number of hydrogen-bond acceptors (Lipinski definition) is 5. The molecule has 0 aliphatic carbocycles. The van der Waals surface area contributed by atoms with Gasteiger partial charge in [-0.1, -0.05) is 12.1 Å². The van der Waals surface area contributed by atoms with E-state index in [4.69, 9.17) is 4.98 Å². The van der Waals surface area contributed by atoms with Gasteiger partial charge in [-0.2, -0.15) is 0 Å². The number of aromatic hydroxyl groups is 1. The van der Waals surface area contributed by atoms with Crippen molar-refractivity contribution < 1.29 is 9.90 Å². The van der Waals surface area contributed by atoms with Gasteiger partial charge in [0.2, 0.25) is 5.91 Å². The lowest BCUT2D eigenvalue weighted by Gasteiger charge is -2.31. The van der Waals surface area contributed by atoms with Crippen LogP contribution in [0.2, 0.25) is 0 Å². The quantitative estimate of drug-likeness (QED) is 0.917. The van der Waals surface area contributed by atoms with Crippen LogP contribution in [0.5, 0.6) is 5.75 Å². The molecule has 6 heteroatoms. The van der Waals surface area contributed by atoms with E-state index in [9.17, 15) is 9.90 Å². The lowest BCUT2D eigenvalue weighted by molar-refractivity contribution is -0.131. The normalized spacial score (nSPS) is 16.7. The highest BCUT2D eigenvalue weighted by Crippen LogP contribution is 2.29. The van der Waals surface area contributed by atoms with Crippen molar-refractivity contribution >= 4 is 11.7 Å². The lowest BCUT2D eigenvalue weighted by atomic mass is 10.0. The first-order valence-corrected chi connectivity index (χ1v) is 9.27. The Bertz CT molecular complexity index is 813. The van der Waals surface area contributed by atoms with E-state index in [0.717, 1.165) is 42.4 Å².